The summed E-state index contributed by atoms with van der Waals surface area (Å²) >= 11 is 6.43. The first-order valence-corrected chi connectivity index (χ1v) is 7.59. The molecule has 21 heavy (non-hydrogen) atoms. The van der Waals surface area contributed by atoms with E-state index in [-0.39, 0.29) is 0 Å². The van der Waals surface area contributed by atoms with Crippen molar-refractivity contribution in [1.29, 1.82) is 0 Å². The first-order chi connectivity index (χ1) is 10.2. The van der Waals surface area contributed by atoms with Crippen molar-refractivity contribution in [3.63, 3.8) is 0 Å². The van der Waals surface area contributed by atoms with Gasteiger partial charge in [-0.2, -0.15) is 0 Å². The molecule has 0 atom stereocenters. The maximum atomic E-state index is 6.43. The van der Waals surface area contributed by atoms with Gasteiger partial charge in [-0.3, -0.25) is 0 Å². The Balaban J connectivity index is 1.96. The number of furan rings is 2. The van der Waals surface area contributed by atoms with Gasteiger partial charge >= 0.3 is 0 Å². The van der Waals surface area contributed by atoms with Crippen molar-refractivity contribution in [2.75, 3.05) is 0 Å². The van der Waals surface area contributed by atoms with Crippen LogP contribution in [0.25, 0.3) is 33.1 Å². The van der Waals surface area contributed by atoms with Gasteiger partial charge in [-0.1, -0.05) is 29.8 Å². The van der Waals surface area contributed by atoms with Crippen LogP contribution in [0.4, 0.5) is 0 Å². The monoisotopic (exact) mass is 292 g/mol. The number of hydrogen-bond donors (Lipinski definition) is 0. The molecule has 0 spiro atoms. The van der Waals surface area contributed by atoms with Crippen LogP contribution in [0, 0.1) is 13.8 Å². The van der Waals surface area contributed by atoms with Crippen LogP contribution in [0.3, 0.4) is 0 Å². The largest absolute Gasteiger partial charge is 0.455 e. The number of halogens is 1. The van der Waals surface area contributed by atoms with Crippen molar-refractivity contribution >= 4 is 33.5 Å². The Labute approximate surface area is 127 Å². The summed E-state index contributed by atoms with van der Waals surface area (Å²) in [6, 6.07) is 10.6. The fraction of sp³-hybridized carbons (Fsp3) is 0.158. The van der Waals surface area contributed by atoms with Crippen molar-refractivity contribution in [2.45, 2.75) is 20.3 Å². The summed E-state index contributed by atoms with van der Waals surface area (Å²) in [6.45, 7) is 4.29. The Morgan fingerprint density at radius 3 is 2.67 bits per heavy atom. The molecule has 0 unspecified atom stereocenters. The third-order valence-electron chi connectivity index (χ3n) is 4.97. The van der Waals surface area contributed by atoms with Crippen molar-refractivity contribution in [3.8, 4) is 11.1 Å². The number of aryl methyl sites for hydroxylation is 2. The molecule has 2 bridgehead atoms. The molecule has 0 saturated carbocycles. The number of hydrogen-bond acceptors (Lipinski definition) is 1. The zero-order valence-electron chi connectivity index (χ0n) is 11.9. The van der Waals surface area contributed by atoms with E-state index in [4.69, 9.17) is 16.0 Å². The van der Waals surface area contributed by atoms with Crippen molar-refractivity contribution in [1.82, 2.24) is 0 Å². The summed E-state index contributed by atoms with van der Waals surface area (Å²) in [4.78, 5) is 0. The highest BCUT2D eigenvalue weighted by Gasteiger charge is 2.27. The minimum atomic E-state index is 0.844. The Morgan fingerprint density at radius 1 is 1.00 bits per heavy atom. The van der Waals surface area contributed by atoms with Crippen molar-refractivity contribution in [3.05, 3.63) is 57.6 Å². The Kier molecular flexibility index (Phi) is 2.00. The van der Waals surface area contributed by atoms with E-state index in [1.807, 2.05) is 12.1 Å². The average Bonchev–Trinajstić information content (AvgIpc) is 3.11. The van der Waals surface area contributed by atoms with E-state index in [0.29, 0.717) is 0 Å². The van der Waals surface area contributed by atoms with Gasteiger partial charge in [0, 0.05) is 21.4 Å². The fourth-order valence-electron chi connectivity index (χ4n) is 3.81. The molecule has 0 amide bonds. The second kappa shape index (κ2) is 3.61. The summed E-state index contributed by atoms with van der Waals surface area (Å²) in [6.07, 6.45) is 0.945. The number of benzene rings is 3. The van der Waals surface area contributed by atoms with Crippen LogP contribution in [0.15, 0.2) is 34.7 Å². The zero-order chi connectivity index (χ0) is 14.3. The molecule has 4 aromatic rings. The predicted molar refractivity (Wildman–Crippen MR) is 87.6 cm³/mol. The van der Waals surface area contributed by atoms with Gasteiger partial charge in [-0.25, -0.2) is 0 Å². The summed E-state index contributed by atoms with van der Waals surface area (Å²) in [5, 5.41) is 3.38. The van der Waals surface area contributed by atoms with Gasteiger partial charge < -0.3 is 4.42 Å². The quantitative estimate of drug-likeness (QED) is 0.348. The van der Waals surface area contributed by atoms with E-state index < -0.39 is 0 Å². The van der Waals surface area contributed by atoms with Crippen LogP contribution < -0.4 is 0 Å². The van der Waals surface area contributed by atoms with E-state index in [9.17, 15) is 0 Å². The summed E-state index contributed by atoms with van der Waals surface area (Å²) in [7, 11) is 0. The molecule has 0 radical (unpaired) electrons. The van der Waals surface area contributed by atoms with E-state index in [2.05, 4.69) is 32.0 Å². The van der Waals surface area contributed by atoms with Gasteiger partial charge in [0.05, 0.1) is 0 Å². The summed E-state index contributed by atoms with van der Waals surface area (Å²) in [5.74, 6) is 0. The maximum Gasteiger partial charge on any atom is 0.139 e. The van der Waals surface area contributed by atoms with Gasteiger partial charge in [0.15, 0.2) is 0 Å². The SMILES string of the molecule is Cc1c(C)c2oc1c1ccc3c(c21)Cc1cccc(Cl)c1-3. The van der Waals surface area contributed by atoms with E-state index in [0.717, 1.165) is 22.6 Å². The average molecular weight is 293 g/mol. The molecule has 0 N–H and O–H groups in total. The second-order valence-corrected chi connectivity index (χ2v) is 6.38. The summed E-state index contributed by atoms with van der Waals surface area (Å²) < 4.78 is 6.05. The van der Waals surface area contributed by atoms with Gasteiger partial charge in [0.2, 0.25) is 0 Å². The molecule has 0 fully saturated rings. The molecule has 2 aromatic heterocycles. The number of fused-ring (bicyclic) bond motifs is 9. The third-order valence-corrected chi connectivity index (χ3v) is 5.28. The topological polar surface area (TPSA) is 13.1 Å². The standard InChI is InChI=1S/C19H13ClO/c1-9-10(2)19-17-13(18(9)21-19)7-6-12-14(17)8-11-4-3-5-15(20)16(11)12/h3-7H,8H2,1-2H3. The molecule has 0 aliphatic heterocycles. The maximum absolute atomic E-state index is 6.43. The van der Waals surface area contributed by atoms with Crippen LogP contribution in [-0.4, -0.2) is 0 Å². The first kappa shape index (κ1) is 11.6. The highest BCUT2D eigenvalue weighted by Crippen LogP contribution is 2.48. The van der Waals surface area contributed by atoms with Crippen molar-refractivity contribution in [2.24, 2.45) is 0 Å². The van der Waals surface area contributed by atoms with Gasteiger partial charge in [-0.05, 0) is 60.2 Å². The molecule has 1 aliphatic carbocycles. The lowest BCUT2D eigenvalue weighted by Gasteiger charge is -2.06. The molecule has 2 heterocycles. The molecule has 2 aromatic carbocycles. The Bertz CT molecular complexity index is 1040. The molecule has 5 rings (SSSR count). The van der Waals surface area contributed by atoms with Gasteiger partial charge in [-0.15, -0.1) is 0 Å². The normalized spacial score (nSPS) is 13.3. The lowest BCUT2D eigenvalue weighted by molar-refractivity contribution is 0.676. The Hall–Kier alpha value is -1.99. The van der Waals surface area contributed by atoms with Crippen LogP contribution in [0.1, 0.15) is 22.3 Å². The second-order valence-electron chi connectivity index (χ2n) is 5.98. The smallest absolute Gasteiger partial charge is 0.139 e. The molecule has 102 valence electrons. The van der Waals surface area contributed by atoms with E-state index in [1.165, 1.54) is 44.2 Å². The van der Waals surface area contributed by atoms with E-state index >= 15 is 0 Å². The molecule has 1 aliphatic rings. The number of rotatable bonds is 0. The molecular weight excluding hydrogens is 280 g/mol. The van der Waals surface area contributed by atoms with Crippen molar-refractivity contribution < 1.29 is 4.42 Å². The van der Waals surface area contributed by atoms with Gasteiger partial charge in [0.25, 0.3) is 0 Å². The predicted octanol–water partition coefficient (Wildman–Crippen LogP) is 5.87. The van der Waals surface area contributed by atoms with Gasteiger partial charge in [0.1, 0.15) is 11.2 Å². The zero-order valence-corrected chi connectivity index (χ0v) is 12.6. The lowest BCUT2D eigenvalue weighted by Crippen LogP contribution is -1.86. The first-order valence-electron chi connectivity index (χ1n) is 7.21. The highest BCUT2D eigenvalue weighted by molar-refractivity contribution is 6.34. The van der Waals surface area contributed by atoms with E-state index in [1.54, 1.807) is 0 Å². The fourth-order valence-corrected chi connectivity index (χ4v) is 4.11. The third kappa shape index (κ3) is 1.24. The minimum Gasteiger partial charge on any atom is -0.455 e. The molecule has 2 heteroatoms. The molecular formula is C19H13ClO. The summed E-state index contributed by atoms with van der Waals surface area (Å²) in [5.41, 5.74) is 9.79. The molecule has 1 nitrogen and oxygen atoms in total. The van der Waals surface area contributed by atoms with Crippen LogP contribution in [-0.2, 0) is 6.42 Å². The minimum absolute atomic E-state index is 0.844. The van der Waals surface area contributed by atoms with Crippen LogP contribution >= 0.6 is 11.6 Å². The molecule has 0 saturated heterocycles. The Morgan fingerprint density at radius 2 is 1.81 bits per heavy atom. The highest BCUT2D eigenvalue weighted by atomic mass is 35.5. The van der Waals surface area contributed by atoms with Crippen LogP contribution in [0.5, 0.6) is 0 Å². The van der Waals surface area contributed by atoms with Crippen LogP contribution in [0.2, 0.25) is 5.02 Å². The lowest BCUT2D eigenvalue weighted by atomic mass is 9.95.